The first-order valence-electron chi connectivity index (χ1n) is 10.1. The Labute approximate surface area is 193 Å². The van der Waals surface area contributed by atoms with Gasteiger partial charge in [0.05, 0.1) is 18.2 Å². The summed E-state index contributed by atoms with van der Waals surface area (Å²) in [7, 11) is 0. The molecule has 1 aromatic carbocycles. The van der Waals surface area contributed by atoms with Gasteiger partial charge >= 0.3 is 12.1 Å². The second-order valence-corrected chi connectivity index (χ2v) is 9.10. The van der Waals surface area contributed by atoms with Crippen molar-refractivity contribution in [2.24, 2.45) is 5.92 Å². The Morgan fingerprint density at radius 3 is 2.39 bits per heavy atom. The molecule has 0 fully saturated rings. The number of allylic oxidation sites excluding steroid dienone is 1. The van der Waals surface area contributed by atoms with Crippen LogP contribution in [0.2, 0.25) is 0 Å². The number of carbonyl (C=O) groups is 1. The molecular weight excluding hydrogens is 455 g/mol. The number of aliphatic hydroxyl groups excluding tert-OH is 1. The monoisotopic (exact) mass is 481 g/mol. The third-order valence-electron chi connectivity index (χ3n) is 5.29. The zero-order valence-electron chi connectivity index (χ0n) is 18.5. The summed E-state index contributed by atoms with van der Waals surface area (Å²) in [5.41, 5.74) is 0.775. The van der Waals surface area contributed by atoms with E-state index in [4.69, 9.17) is 14.9 Å². The van der Waals surface area contributed by atoms with Crippen LogP contribution in [-0.4, -0.2) is 32.9 Å². The molecule has 2 rings (SSSR count). The van der Waals surface area contributed by atoms with E-state index in [1.165, 1.54) is 30.2 Å². The van der Waals surface area contributed by atoms with Gasteiger partial charge in [0, 0.05) is 38.6 Å². The first kappa shape index (κ1) is 26.3. The molecular formula is C24H26F3NO4S. The van der Waals surface area contributed by atoms with Crippen LogP contribution in [0.25, 0.3) is 18.4 Å². The Morgan fingerprint density at radius 2 is 1.85 bits per heavy atom. The number of hydrogen-bond donors (Lipinski definition) is 3. The maximum Gasteiger partial charge on any atom is 0.416 e. The number of aliphatic carboxylic acids is 1. The fourth-order valence-corrected chi connectivity index (χ4v) is 4.03. The minimum Gasteiger partial charge on any atom is -0.507 e. The summed E-state index contributed by atoms with van der Waals surface area (Å²) in [5.74, 6) is -0.925. The van der Waals surface area contributed by atoms with Crippen molar-refractivity contribution in [1.29, 1.82) is 5.41 Å². The standard InChI is InChI=1S/C24H26F3NO4S/c1-13(9-20-15(3)32-11-18(20)10-22(29)30)16(4)33-12-21(28)14(2)23(31)17-5-7-19(8-6-17)24(25,26)27/h5-9,11,13,16,28,31H,3,10,12H2,1-2,4H3,(H,29,30)/b20-9+,23-14-,28-21?/t13-,16?/m1/s1. The second kappa shape index (κ2) is 10.8. The number of furan rings is 1. The summed E-state index contributed by atoms with van der Waals surface area (Å²) in [4.78, 5) is 11.0. The van der Waals surface area contributed by atoms with Gasteiger partial charge in [-0.05, 0) is 25.0 Å². The number of benzene rings is 1. The lowest BCUT2D eigenvalue weighted by atomic mass is 10.0. The van der Waals surface area contributed by atoms with Crippen LogP contribution in [0.3, 0.4) is 0 Å². The van der Waals surface area contributed by atoms with Gasteiger partial charge in [-0.1, -0.05) is 38.6 Å². The highest BCUT2D eigenvalue weighted by Gasteiger charge is 2.30. The van der Waals surface area contributed by atoms with Crippen LogP contribution < -0.4 is 10.6 Å². The molecule has 0 aliphatic rings. The van der Waals surface area contributed by atoms with Crippen molar-refractivity contribution in [2.45, 2.75) is 38.6 Å². The van der Waals surface area contributed by atoms with Crippen LogP contribution in [-0.2, 0) is 17.4 Å². The second-order valence-electron chi connectivity index (χ2n) is 7.74. The van der Waals surface area contributed by atoms with Crippen molar-refractivity contribution in [3.05, 3.63) is 63.4 Å². The van der Waals surface area contributed by atoms with E-state index >= 15 is 0 Å². The predicted octanol–water partition coefficient (Wildman–Crippen LogP) is 4.88. The first-order valence-corrected chi connectivity index (χ1v) is 11.1. The molecule has 178 valence electrons. The van der Waals surface area contributed by atoms with Crippen LogP contribution in [0.15, 0.2) is 40.5 Å². The zero-order chi connectivity index (χ0) is 24.9. The van der Waals surface area contributed by atoms with E-state index in [2.05, 4.69) is 6.58 Å². The molecule has 2 atom stereocenters. The van der Waals surface area contributed by atoms with Crippen LogP contribution in [0.5, 0.6) is 0 Å². The number of hydrogen-bond acceptors (Lipinski definition) is 5. The number of aliphatic hydroxyl groups is 1. The van der Waals surface area contributed by atoms with E-state index in [0.29, 0.717) is 16.2 Å². The molecule has 1 aromatic heterocycles. The van der Waals surface area contributed by atoms with Crippen molar-refractivity contribution < 1.29 is 32.6 Å². The third-order valence-corrected chi connectivity index (χ3v) is 6.70. The van der Waals surface area contributed by atoms with Crippen LogP contribution >= 0.6 is 11.8 Å². The average Bonchev–Trinajstić information content (AvgIpc) is 3.08. The smallest absolute Gasteiger partial charge is 0.416 e. The lowest BCUT2D eigenvalue weighted by molar-refractivity contribution is -0.138. The molecule has 3 N–H and O–H groups in total. The SMILES string of the molecule is C=c1occ(CC(=O)O)/c1=C/[C@@H](C)C(C)SCC(=N)/C(C)=C(\O)c1ccc(C(F)(F)F)cc1. The largest absolute Gasteiger partial charge is 0.507 e. The first-order chi connectivity index (χ1) is 15.3. The Balaban J connectivity index is 2.08. The molecule has 5 nitrogen and oxygen atoms in total. The summed E-state index contributed by atoms with van der Waals surface area (Å²) in [6, 6.07) is 4.14. The van der Waals surface area contributed by atoms with Crippen LogP contribution in [0.4, 0.5) is 13.2 Å². The average molecular weight is 482 g/mol. The summed E-state index contributed by atoms with van der Waals surface area (Å²) >= 11 is 1.47. The molecule has 0 amide bonds. The van der Waals surface area contributed by atoms with Gasteiger partial charge in [-0.15, -0.1) is 0 Å². The van der Waals surface area contributed by atoms with Crippen molar-refractivity contribution >= 4 is 41.9 Å². The van der Waals surface area contributed by atoms with Gasteiger partial charge in [-0.3, -0.25) is 4.79 Å². The molecule has 33 heavy (non-hydrogen) atoms. The number of thioether (sulfide) groups is 1. The molecule has 0 bridgehead atoms. The molecule has 1 heterocycles. The maximum atomic E-state index is 12.7. The summed E-state index contributed by atoms with van der Waals surface area (Å²) < 4.78 is 43.4. The summed E-state index contributed by atoms with van der Waals surface area (Å²) in [6.45, 7) is 9.27. The van der Waals surface area contributed by atoms with Crippen molar-refractivity contribution in [1.82, 2.24) is 0 Å². The van der Waals surface area contributed by atoms with E-state index in [0.717, 1.165) is 12.1 Å². The quantitative estimate of drug-likeness (QED) is 0.350. The Bertz CT molecular complexity index is 1150. The molecule has 9 heteroatoms. The number of carboxylic acid groups (broad SMARTS) is 1. The molecule has 0 saturated carbocycles. The van der Waals surface area contributed by atoms with Gasteiger partial charge in [0.25, 0.3) is 0 Å². The van der Waals surface area contributed by atoms with Crippen molar-refractivity contribution in [3.8, 4) is 0 Å². The molecule has 0 aliphatic heterocycles. The van der Waals surface area contributed by atoms with E-state index in [1.807, 2.05) is 19.9 Å². The maximum absolute atomic E-state index is 12.7. The van der Waals surface area contributed by atoms with E-state index in [1.54, 1.807) is 6.92 Å². The molecule has 1 unspecified atom stereocenters. The fraction of sp³-hybridized carbons (Fsp3) is 0.333. The van der Waals surface area contributed by atoms with Crippen LogP contribution in [0.1, 0.15) is 37.5 Å². The Kier molecular flexibility index (Phi) is 8.60. The zero-order valence-corrected chi connectivity index (χ0v) is 19.3. The Hall–Kier alpha value is -2.94. The number of alkyl halides is 3. The molecule has 0 spiro atoms. The van der Waals surface area contributed by atoms with Gasteiger partial charge in [0.2, 0.25) is 0 Å². The van der Waals surface area contributed by atoms with Gasteiger partial charge in [-0.25, -0.2) is 0 Å². The molecule has 0 saturated heterocycles. The number of nitrogens with one attached hydrogen (secondary N) is 1. The predicted molar refractivity (Wildman–Crippen MR) is 125 cm³/mol. The molecule has 0 radical (unpaired) electrons. The summed E-state index contributed by atoms with van der Waals surface area (Å²) in [6.07, 6.45) is -1.34. The molecule has 2 aromatic rings. The number of halogens is 3. The van der Waals surface area contributed by atoms with Gasteiger partial charge < -0.3 is 20.0 Å². The third kappa shape index (κ3) is 7.02. The van der Waals surface area contributed by atoms with Crippen LogP contribution in [0, 0.1) is 11.3 Å². The van der Waals surface area contributed by atoms with E-state index < -0.39 is 17.7 Å². The normalized spacial score (nSPS) is 15.2. The van der Waals surface area contributed by atoms with E-state index in [-0.39, 0.29) is 45.9 Å². The van der Waals surface area contributed by atoms with Crippen molar-refractivity contribution in [2.75, 3.05) is 5.75 Å². The minimum atomic E-state index is -4.46. The van der Waals surface area contributed by atoms with Crippen molar-refractivity contribution in [3.63, 3.8) is 0 Å². The van der Waals surface area contributed by atoms with Gasteiger partial charge in [0.15, 0.2) is 0 Å². The highest BCUT2D eigenvalue weighted by molar-refractivity contribution is 8.00. The number of rotatable bonds is 9. The summed E-state index contributed by atoms with van der Waals surface area (Å²) in [5, 5.41) is 28.4. The fourth-order valence-electron chi connectivity index (χ4n) is 3.00. The highest BCUT2D eigenvalue weighted by Crippen LogP contribution is 2.30. The van der Waals surface area contributed by atoms with Gasteiger partial charge in [0.1, 0.15) is 11.2 Å². The minimum absolute atomic E-state index is 0.00115. The highest BCUT2D eigenvalue weighted by atomic mass is 32.2. The van der Waals surface area contributed by atoms with Gasteiger partial charge in [-0.2, -0.15) is 24.9 Å². The lowest BCUT2D eigenvalue weighted by Gasteiger charge is -2.17. The lowest BCUT2D eigenvalue weighted by Crippen LogP contribution is -2.26. The molecule has 0 aliphatic carbocycles. The topological polar surface area (TPSA) is 94.5 Å². The number of carboxylic acids is 1. The Morgan fingerprint density at radius 1 is 1.24 bits per heavy atom. The van der Waals surface area contributed by atoms with E-state index in [9.17, 15) is 23.1 Å².